The second-order valence-electron chi connectivity index (χ2n) is 1.66. The lowest BCUT2D eigenvalue weighted by Gasteiger charge is -1.93. The van der Waals surface area contributed by atoms with E-state index >= 15 is 0 Å². The molecule has 0 bridgehead atoms. The van der Waals surface area contributed by atoms with Crippen molar-refractivity contribution >= 4 is 12.4 Å². The van der Waals surface area contributed by atoms with Crippen molar-refractivity contribution in [3.8, 4) is 0 Å². The van der Waals surface area contributed by atoms with E-state index in [2.05, 4.69) is 4.98 Å². The molecule has 0 aromatic carbocycles. The second-order valence-corrected chi connectivity index (χ2v) is 1.66. The molecule has 1 aromatic heterocycles. The van der Waals surface area contributed by atoms with Crippen molar-refractivity contribution in [3.05, 3.63) is 29.8 Å². The first-order valence-electron chi connectivity index (χ1n) is 2.64. The molecule has 56 valence electrons. The molecule has 4 heteroatoms. The van der Waals surface area contributed by atoms with E-state index in [1.54, 1.807) is 12.1 Å². The van der Waals surface area contributed by atoms with Gasteiger partial charge < -0.3 is 5.73 Å². The zero-order valence-corrected chi connectivity index (χ0v) is 6.07. The lowest BCUT2D eigenvalue weighted by atomic mass is 10.3. The quantitative estimate of drug-likeness (QED) is 0.629. The van der Waals surface area contributed by atoms with Gasteiger partial charge in [0.05, 0.1) is 0 Å². The third-order valence-corrected chi connectivity index (χ3v) is 1.06. The van der Waals surface area contributed by atoms with E-state index in [1.807, 2.05) is 0 Å². The Labute approximate surface area is 64.7 Å². The number of rotatable bonds is 1. The van der Waals surface area contributed by atoms with Gasteiger partial charge in [0, 0.05) is 18.3 Å². The second kappa shape index (κ2) is 4.19. The van der Waals surface area contributed by atoms with Crippen molar-refractivity contribution in [1.29, 1.82) is 0 Å². The van der Waals surface area contributed by atoms with Gasteiger partial charge in [-0.25, -0.2) is 4.98 Å². The maximum absolute atomic E-state index is 12.4. The highest BCUT2D eigenvalue weighted by Gasteiger charge is 1.95. The molecule has 0 aliphatic carbocycles. The molecule has 0 atom stereocenters. The van der Waals surface area contributed by atoms with Gasteiger partial charge in [0.25, 0.3) is 0 Å². The Morgan fingerprint density at radius 2 is 2.30 bits per heavy atom. The Hall–Kier alpha value is -0.670. The molecule has 0 aliphatic heterocycles. The maximum Gasteiger partial charge on any atom is 0.217 e. The topological polar surface area (TPSA) is 38.9 Å². The third kappa shape index (κ3) is 1.93. The molecule has 0 saturated carbocycles. The van der Waals surface area contributed by atoms with Gasteiger partial charge in [0.15, 0.2) is 0 Å². The van der Waals surface area contributed by atoms with Crippen LogP contribution >= 0.6 is 12.4 Å². The molecule has 1 heterocycles. The van der Waals surface area contributed by atoms with Crippen molar-refractivity contribution in [3.63, 3.8) is 0 Å². The summed E-state index contributed by atoms with van der Waals surface area (Å²) in [5, 5.41) is 0. The molecule has 0 amide bonds. The summed E-state index contributed by atoms with van der Waals surface area (Å²) >= 11 is 0. The van der Waals surface area contributed by atoms with Gasteiger partial charge in [-0.2, -0.15) is 4.39 Å². The summed E-state index contributed by atoms with van der Waals surface area (Å²) in [7, 11) is 0. The van der Waals surface area contributed by atoms with Crippen LogP contribution in [0.3, 0.4) is 0 Å². The molecule has 0 saturated heterocycles. The lowest BCUT2D eigenvalue weighted by Crippen LogP contribution is -2.00. The molecule has 10 heavy (non-hydrogen) atoms. The molecule has 2 nitrogen and oxygen atoms in total. The highest BCUT2D eigenvalue weighted by molar-refractivity contribution is 5.85. The smallest absolute Gasteiger partial charge is 0.217 e. The first kappa shape index (κ1) is 9.33. The van der Waals surface area contributed by atoms with E-state index in [4.69, 9.17) is 5.73 Å². The van der Waals surface area contributed by atoms with Crippen LogP contribution in [0, 0.1) is 5.95 Å². The molecule has 0 aliphatic rings. The molecule has 0 unspecified atom stereocenters. The molecular weight excluding hydrogens is 155 g/mol. The number of halogens is 2. The molecule has 0 spiro atoms. The number of hydrogen-bond donors (Lipinski definition) is 1. The standard InChI is InChI=1S/C6H7FN2.ClH/c7-6-5(4-8)2-1-3-9-6;/h1-3H,4,8H2;1H. The van der Waals surface area contributed by atoms with E-state index < -0.39 is 5.95 Å². The number of aromatic nitrogens is 1. The predicted octanol–water partition coefficient (Wildman–Crippen LogP) is 1.10. The molecule has 0 fully saturated rings. The van der Waals surface area contributed by atoms with Gasteiger partial charge in [0.2, 0.25) is 5.95 Å². The van der Waals surface area contributed by atoms with Crippen LogP contribution in [0.5, 0.6) is 0 Å². The Bertz CT molecular complexity index is 205. The van der Waals surface area contributed by atoms with Gasteiger partial charge >= 0.3 is 0 Å². The van der Waals surface area contributed by atoms with Crippen molar-refractivity contribution < 1.29 is 4.39 Å². The highest BCUT2D eigenvalue weighted by Crippen LogP contribution is 1.99. The normalized spacial score (nSPS) is 8.60. The highest BCUT2D eigenvalue weighted by atomic mass is 35.5. The van der Waals surface area contributed by atoms with E-state index in [1.165, 1.54) is 6.20 Å². The first-order valence-corrected chi connectivity index (χ1v) is 2.64. The van der Waals surface area contributed by atoms with E-state index in [0.29, 0.717) is 5.56 Å². The van der Waals surface area contributed by atoms with Crippen LogP contribution in [0.4, 0.5) is 4.39 Å². The maximum atomic E-state index is 12.4. The average molecular weight is 163 g/mol. The molecule has 2 N–H and O–H groups in total. The number of nitrogens with zero attached hydrogens (tertiary/aromatic N) is 1. The number of pyridine rings is 1. The van der Waals surface area contributed by atoms with Crippen LogP contribution in [0.2, 0.25) is 0 Å². The Morgan fingerprint density at radius 3 is 2.70 bits per heavy atom. The van der Waals surface area contributed by atoms with Gasteiger partial charge in [0.1, 0.15) is 0 Å². The minimum absolute atomic E-state index is 0. The molecule has 0 radical (unpaired) electrons. The summed E-state index contributed by atoms with van der Waals surface area (Å²) in [6.07, 6.45) is 1.40. The largest absolute Gasteiger partial charge is 0.326 e. The van der Waals surface area contributed by atoms with E-state index in [-0.39, 0.29) is 19.0 Å². The SMILES string of the molecule is Cl.NCc1cccnc1F. The summed E-state index contributed by atoms with van der Waals surface area (Å²) in [5.74, 6) is -0.472. The van der Waals surface area contributed by atoms with E-state index in [0.717, 1.165) is 0 Å². The van der Waals surface area contributed by atoms with E-state index in [9.17, 15) is 4.39 Å². The Balaban J connectivity index is 0.000000810. The minimum atomic E-state index is -0.472. The average Bonchev–Trinajstić information content (AvgIpc) is 1.89. The third-order valence-electron chi connectivity index (χ3n) is 1.06. The van der Waals surface area contributed by atoms with Crippen molar-refractivity contribution in [1.82, 2.24) is 4.98 Å². The van der Waals surface area contributed by atoms with Crippen molar-refractivity contribution in [2.24, 2.45) is 5.73 Å². The molecule has 1 rings (SSSR count). The fourth-order valence-electron chi connectivity index (χ4n) is 0.572. The fourth-order valence-corrected chi connectivity index (χ4v) is 0.572. The van der Waals surface area contributed by atoms with Crippen LogP contribution < -0.4 is 5.73 Å². The van der Waals surface area contributed by atoms with Crippen LogP contribution in [0.15, 0.2) is 18.3 Å². The monoisotopic (exact) mass is 162 g/mol. The fraction of sp³-hybridized carbons (Fsp3) is 0.167. The van der Waals surface area contributed by atoms with Crippen LogP contribution in [-0.4, -0.2) is 4.98 Å². The summed E-state index contributed by atoms with van der Waals surface area (Å²) < 4.78 is 12.4. The summed E-state index contributed by atoms with van der Waals surface area (Å²) in [5.41, 5.74) is 5.63. The summed E-state index contributed by atoms with van der Waals surface area (Å²) in [6, 6.07) is 3.27. The van der Waals surface area contributed by atoms with Crippen LogP contribution in [0.1, 0.15) is 5.56 Å². The summed E-state index contributed by atoms with van der Waals surface area (Å²) in [4.78, 5) is 3.40. The Morgan fingerprint density at radius 1 is 1.60 bits per heavy atom. The van der Waals surface area contributed by atoms with Gasteiger partial charge in [-0.05, 0) is 6.07 Å². The zero-order chi connectivity index (χ0) is 6.69. The number of hydrogen-bond acceptors (Lipinski definition) is 2. The van der Waals surface area contributed by atoms with Gasteiger partial charge in [-0.1, -0.05) is 6.07 Å². The number of nitrogens with two attached hydrogens (primary N) is 1. The minimum Gasteiger partial charge on any atom is -0.326 e. The van der Waals surface area contributed by atoms with Crippen LogP contribution in [-0.2, 0) is 6.54 Å². The van der Waals surface area contributed by atoms with Gasteiger partial charge in [-0.3, -0.25) is 0 Å². The Kier molecular flexibility index (Phi) is 3.91. The van der Waals surface area contributed by atoms with Crippen LogP contribution in [0.25, 0.3) is 0 Å². The first-order chi connectivity index (χ1) is 4.34. The zero-order valence-electron chi connectivity index (χ0n) is 5.25. The predicted molar refractivity (Wildman–Crippen MR) is 39.3 cm³/mol. The van der Waals surface area contributed by atoms with Crippen molar-refractivity contribution in [2.75, 3.05) is 0 Å². The van der Waals surface area contributed by atoms with Gasteiger partial charge in [-0.15, -0.1) is 12.4 Å². The lowest BCUT2D eigenvalue weighted by molar-refractivity contribution is 0.567. The summed E-state index contributed by atoms with van der Waals surface area (Å²) in [6.45, 7) is 0.208. The molecule has 1 aromatic rings. The molecular formula is C6H8ClFN2. The van der Waals surface area contributed by atoms with Crippen molar-refractivity contribution in [2.45, 2.75) is 6.54 Å².